The number of aryl methyl sites for hydroxylation is 1. The van der Waals surface area contributed by atoms with Crippen LogP contribution in [0.2, 0.25) is 0 Å². The van der Waals surface area contributed by atoms with Gasteiger partial charge in [-0.3, -0.25) is 4.79 Å². The number of nitrogens with zero attached hydrogens (tertiary/aromatic N) is 1. The first-order valence-electron chi connectivity index (χ1n) is 9.17. The molecule has 0 aliphatic carbocycles. The fourth-order valence-electron chi connectivity index (χ4n) is 3.27. The number of aromatic nitrogens is 1. The number of carbonyl (C=O) groups excluding carboxylic acids is 2. The lowest BCUT2D eigenvalue weighted by molar-refractivity contribution is -0.136. The van der Waals surface area contributed by atoms with Crippen LogP contribution in [0.3, 0.4) is 0 Å². The van der Waals surface area contributed by atoms with Gasteiger partial charge in [0, 0.05) is 30.1 Å². The molecule has 1 aromatic heterocycles. The molecule has 0 fully saturated rings. The molecule has 7 heteroatoms. The molecule has 0 radical (unpaired) electrons. The van der Waals surface area contributed by atoms with E-state index in [-0.39, 0.29) is 24.2 Å². The van der Waals surface area contributed by atoms with E-state index in [4.69, 9.17) is 14.2 Å². The molecule has 0 amide bonds. The van der Waals surface area contributed by atoms with E-state index in [1.165, 1.54) is 25.3 Å². The van der Waals surface area contributed by atoms with E-state index in [9.17, 15) is 14.0 Å². The number of rotatable bonds is 9. The molecule has 1 heterocycles. The third-order valence-corrected chi connectivity index (χ3v) is 4.57. The highest BCUT2D eigenvalue weighted by molar-refractivity contribution is 6.00. The van der Waals surface area contributed by atoms with Gasteiger partial charge in [-0.05, 0) is 50.6 Å². The van der Waals surface area contributed by atoms with Crippen molar-refractivity contribution >= 4 is 17.8 Å². The van der Waals surface area contributed by atoms with E-state index in [0.29, 0.717) is 17.7 Å². The van der Waals surface area contributed by atoms with Gasteiger partial charge in [-0.15, -0.1) is 0 Å². The van der Waals surface area contributed by atoms with Gasteiger partial charge in [0.2, 0.25) is 5.78 Å². The Morgan fingerprint density at radius 2 is 1.93 bits per heavy atom. The first kappa shape index (κ1) is 22.4. The van der Waals surface area contributed by atoms with Crippen LogP contribution in [0.5, 0.6) is 5.75 Å². The summed E-state index contributed by atoms with van der Waals surface area (Å²) in [7, 11) is 3.00. The van der Waals surface area contributed by atoms with E-state index in [2.05, 4.69) is 0 Å². The summed E-state index contributed by atoms with van der Waals surface area (Å²) in [5.74, 6) is -1.38. The number of esters is 1. The van der Waals surface area contributed by atoms with E-state index in [1.807, 2.05) is 25.3 Å². The van der Waals surface area contributed by atoms with Gasteiger partial charge < -0.3 is 18.8 Å². The molecule has 0 bridgehead atoms. The highest BCUT2D eigenvalue weighted by atomic mass is 19.1. The Balaban J connectivity index is 1.99. The summed E-state index contributed by atoms with van der Waals surface area (Å²) in [6.07, 6.45) is 2.56. The number of benzene rings is 1. The Morgan fingerprint density at radius 1 is 1.21 bits per heavy atom. The zero-order valence-electron chi connectivity index (χ0n) is 17.3. The van der Waals surface area contributed by atoms with Crippen molar-refractivity contribution in [1.29, 1.82) is 0 Å². The average molecular weight is 403 g/mol. The molecule has 0 spiro atoms. The zero-order chi connectivity index (χ0) is 21.6. The molecule has 0 aliphatic rings. The van der Waals surface area contributed by atoms with Crippen molar-refractivity contribution in [2.24, 2.45) is 0 Å². The van der Waals surface area contributed by atoms with Gasteiger partial charge in [-0.2, -0.15) is 0 Å². The Bertz CT molecular complexity index is 916. The molecule has 0 aliphatic heterocycles. The van der Waals surface area contributed by atoms with Crippen molar-refractivity contribution in [2.45, 2.75) is 26.8 Å². The fourth-order valence-corrected chi connectivity index (χ4v) is 3.27. The Kier molecular flexibility index (Phi) is 7.73. The number of methoxy groups -OCH3 is 2. The second kappa shape index (κ2) is 10.0. The molecule has 2 rings (SSSR count). The largest absolute Gasteiger partial charge is 0.494 e. The first-order valence-corrected chi connectivity index (χ1v) is 9.17. The summed E-state index contributed by atoms with van der Waals surface area (Å²) < 4.78 is 30.8. The summed E-state index contributed by atoms with van der Waals surface area (Å²) in [6, 6.07) is 6.17. The van der Waals surface area contributed by atoms with Gasteiger partial charge in [0.1, 0.15) is 0 Å². The number of halogens is 1. The monoisotopic (exact) mass is 403 g/mol. The van der Waals surface area contributed by atoms with Crippen LogP contribution in [0.25, 0.3) is 6.08 Å². The molecule has 0 N–H and O–H groups in total. The highest BCUT2D eigenvalue weighted by Gasteiger charge is 2.19. The van der Waals surface area contributed by atoms with Gasteiger partial charge in [0.05, 0.1) is 19.8 Å². The SMILES string of the molecule is COC[C@@H](C)n1c(C)cc(C(=O)COC(=O)/C=C/c2ccc(OC)c(F)c2)c1C. The van der Waals surface area contributed by atoms with Crippen LogP contribution >= 0.6 is 0 Å². The highest BCUT2D eigenvalue weighted by Crippen LogP contribution is 2.21. The Hall–Kier alpha value is -2.93. The molecule has 0 saturated heterocycles. The van der Waals surface area contributed by atoms with E-state index in [0.717, 1.165) is 17.5 Å². The topological polar surface area (TPSA) is 66.8 Å². The van der Waals surface area contributed by atoms with Crippen molar-refractivity contribution < 1.29 is 28.2 Å². The smallest absolute Gasteiger partial charge is 0.331 e. The van der Waals surface area contributed by atoms with E-state index in [1.54, 1.807) is 19.2 Å². The summed E-state index contributed by atoms with van der Waals surface area (Å²) in [4.78, 5) is 24.4. The first-order chi connectivity index (χ1) is 13.8. The van der Waals surface area contributed by atoms with Crippen molar-refractivity contribution in [1.82, 2.24) is 4.57 Å². The third-order valence-electron chi connectivity index (χ3n) is 4.57. The quantitative estimate of drug-likeness (QED) is 0.361. The van der Waals surface area contributed by atoms with Crippen LogP contribution in [0.15, 0.2) is 30.3 Å². The van der Waals surface area contributed by atoms with Crippen LogP contribution in [-0.2, 0) is 14.3 Å². The van der Waals surface area contributed by atoms with E-state index >= 15 is 0 Å². The molecule has 0 saturated carbocycles. The van der Waals surface area contributed by atoms with Crippen LogP contribution < -0.4 is 4.74 Å². The van der Waals surface area contributed by atoms with Gasteiger partial charge >= 0.3 is 5.97 Å². The Morgan fingerprint density at radius 3 is 2.55 bits per heavy atom. The third kappa shape index (κ3) is 5.54. The van der Waals surface area contributed by atoms with Gasteiger partial charge in [-0.1, -0.05) is 6.07 Å². The Labute approximate surface area is 169 Å². The summed E-state index contributed by atoms with van der Waals surface area (Å²) in [6.45, 7) is 5.93. The minimum atomic E-state index is -0.684. The second-order valence-corrected chi connectivity index (χ2v) is 6.72. The maximum absolute atomic E-state index is 13.7. The summed E-state index contributed by atoms with van der Waals surface area (Å²) in [5, 5.41) is 0. The molecule has 2 aromatic rings. The van der Waals surface area contributed by atoms with Gasteiger partial charge in [0.15, 0.2) is 18.2 Å². The van der Waals surface area contributed by atoms with Crippen molar-refractivity contribution in [3.63, 3.8) is 0 Å². The summed E-state index contributed by atoms with van der Waals surface area (Å²) >= 11 is 0. The van der Waals surface area contributed by atoms with Crippen molar-refractivity contribution in [3.8, 4) is 5.75 Å². The number of Topliss-reactive ketones (excluding diaryl/α,β-unsaturated/α-hetero) is 1. The van der Waals surface area contributed by atoms with Crippen LogP contribution in [-0.4, -0.2) is 43.8 Å². The van der Waals surface area contributed by atoms with Crippen molar-refractivity contribution in [2.75, 3.05) is 27.4 Å². The standard InChI is InChI=1S/C22H26FNO5/c1-14-10-18(16(3)24(14)15(2)12-27-4)20(25)13-29-22(26)9-7-17-6-8-21(28-5)19(23)11-17/h6-11,15H,12-13H2,1-5H3/b9-7+/t15-/m1/s1. The molecule has 0 unspecified atom stereocenters. The van der Waals surface area contributed by atoms with Gasteiger partial charge in [0.25, 0.3) is 0 Å². The molecule has 156 valence electrons. The van der Waals surface area contributed by atoms with Crippen LogP contribution in [0.4, 0.5) is 4.39 Å². The molecular weight excluding hydrogens is 377 g/mol. The fraction of sp³-hybridized carbons (Fsp3) is 0.364. The van der Waals surface area contributed by atoms with Gasteiger partial charge in [-0.25, -0.2) is 9.18 Å². The summed E-state index contributed by atoms with van der Waals surface area (Å²) in [5.41, 5.74) is 2.72. The molecule has 6 nitrogen and oxygen atoms in total. The maximum atomic E-state index is 13.7. The lowest BCUT2D eigenvalue weighted by Crippen LogP contribution is -2.16. The molecular formula is C22H26FNO5. The number of hydrogen-bond acceptors (Lipinski definition) is 5. The van der Waals surface area contributed by atoms with E-state index < -0.39 is 11.8 Å². The molecule has 1 atom stereocenters. The predicted octanol–water partition coefficient (Wildman–Crippen LogP) is 3.90. The predicted molar refractivity (Wildman–Crippen MR) is 108 cm³/mol. The lowest BCUT2D eigenvalue weighted by Gasteiger charge is -2.17. The zero-order valence-corrected chi connectivity index (χ0v) is 17.3. The maximum Gasteiger partial charge on any atom is 0.331 e. The minimum Gasteiger partial charge on any atom is -0.494 e. The lowest BCUT2D eigenvalue weighted by atomic mass is 10.1. The number of ketones is 1. The molecule has 29 heavy (non-hydrogen) atoms. The second-order valence-electron chi connectivity index (χ2n) is 6.72. The molecule has 1 aromatic carbocycles. The average Bonchev–Trinajstić information content (AvgIpc) is 2.99. The number of ether oxygens (including phenoxy) is 3. The van der Waals surface area contributed by atoms with Crippen LogP contribution in [0, 0.1) is 19.7 Å². The van der Waals surface area contributed by atoms with Crippen molar-refractivity contribution in [3.05, 3.63) is 58.7 Å². The number of hydrogen-bond donors (Lipinski definition) is 0. The van der Waals surface area contributed by atoms with Crippen LogP contribution in [0.1, 0.15) is 40.3 Å². The number of carbonyl (C=O) groups is 2. The minimum absolute atomic E-state index is 0.0805. The normalized spacial score (nSPS) is 12.2.